The van der Waals surface area contributed by atoms with Crippen molar-refractivity contribution in [2.75, 3.05) is 6.54 Å². The molecule has 3 nitrogen and oxygen atoms in total. The monoisotopic (exact) mass is 138 g/mol. The largest absolute Gasteiger partial charge is 0.361 e. The molecule has 0 aliphatic heterocycles. The lowest BCUT2D eigenvalue weighted by atomic mass is 10.1. The van der Waals surface area contributed by atoms with Crippen molar-refractivity contribution >= 4 is 5.57 Å². The van der Waals surface area contributed by atoms with Gasteiger partial charge in [-0.2, -0.15) is 0 Å². The summed E-state index contributed by atoms with van der Waals surface area (Å²) in [4.78, 5) is 0. The van der Waals surface area contributed by atoms with Crippen molar-refractivity contribution in [1.82, 2.24) is 5.16 Å². The van der Waals surface area contributed by atoms with Crippen molar-refractivity contribution in [3.8, 4) is 0 Å². The number of nitrogens with two attached hydrogens (primary N) is 1. The molecule has 0 fully saturated rings. The van der Waals surface area contributed by atoms with E-state index in [9.17, 15) is 0 Å². The van der Waals surface area contributed by atoms with Gasteiger partial charge in [-0.15, -0.1) is 0 Å². The Kier molecular flexibility index (Phi) is 1.87. The number of aryl methyl sites for hydroxylation is 1. The summed E-state index contributed by atoms with van der Waals surface area (Å²) in [5.74, 6) is 0.774. The van der Waals surface area contributed by atoms with Crippen LogP contribution in [0.5, 0.6) is 0 Å². The molecule has 0 bridgehead atoms. The summed E-state index contributed by atoms with van der Waals surface area (Å²) in [6, 6.07) is 0. The van der Waals surface area contributed by atoms with Gasteiger partial charge in [0.25, 0.3) is 0 Å². The number of nitrogens with zero attached hydrogens (tertiary/aromatic N) is 1. The van der Waals surface area contributed by atoms with Gasteiger partial charge < -0.3 is 10.3 Å². The van der Waals surface area contributed by atoms with Gasteiger partial charge in [0.2, 0.25) is 0 Å². The molecule has 1 rings (SSSR count). The van der Waals surface area contributed by atoms with E-state index in [4.69, 9.17) is 10.3 Å². The molecule has 3 heteroatoms. The highest BCUT2D eigenvalue weighted by atomic mass is 16.5. The van der Waals surface area contributed by atoms with Gasteiger partial charge in [0.1, 0.15) is 5.76 Å². The molecule has 0 amide bonds. The average molecular weight is 138 g/mol. The Morgan fingerprint density at radius 3 is 3.00 bits per heavy atom. The van der Waals surface area contributed by atoms with Crippen LogP contribution >= 0.6 is 0 Å². The molecule has 2 N–H and O–H groups in total. The highest BCUT2D eigenvalue weighted by Gasteiger charge is 2.03. The smallest absolute Gasteiger partial charge is 0.141 e. The van der Waals surface area contributed by atoms with E-state index < -0.39 is 0 Å². The Labute approximate surface area is 59.5 Å². The van der Waals surface area contributed by atoms with Crippen molar-refractivity contribution in [2.24, 2.45) is 5.73 Å². The van der Waals surface area contributed by atoms with Crippen LogP contribution < -0.4 is 5.73 Å². The molecule has 0 saturated heterocycles. The second kappa shape index (κ2) is 2.66. The zero-order chi connectivity index (χ0) is 7.56. The fraction of sp³-hybridized carbons (Fsp3) is 0.286. The van der Waals surface area contributed by atoms with E-state index >= 15 is 0 Å². The summed E-state index contributed by atoms with van der Waals surface area (Å²) >= 11 is 0. The van der Waals surface area contributed by atoms with E-state index in [1.165, 1.54) is 0 Å². The minimum atomic E-state index is 0.446. The Balaban J connectivity index is 2.93. The number of rotatable bonds is 2. The summed E-state index contributed by atoms with van der Waals surface area (Å²) < 4.78 is 4.82. The van der Waals surface area contributed by atoms with Crippen LogP contribution in [0.15, 0.2) is 17.3 Å². The molecule has 0 atom stereocenters. The molecule has 1 aromatic rings. The number of aromatic nitrogens is 1. The number of hydrogen-bond donors (Lipinski definition) is 1. The second-order valence-corrected chi connectivity index (χ2v) is 2.10. The third-order valence-electron chi connectivity index (χ3n) is 1.38. The number of hydrogen-bond acceptors (Lipinski definition) is 3. The highest BCUT2D eigenvalue weighted by Crippen LogP contribution is 2.14. The van der Waals surface area contributed by atoms with Crippen LogP contribution in [0.2, 0.25) is 0 Å². The van der Waals surface area contributed by atoms with Crippen molar-refractivity contribution in [3.05, 3.63) is 24.1 Å². The van der Waals surface area contributed by atoms with Crippen molar-refractivity contribution in [2.45, 2.75) is 6.92 Å². The summed E-state index contributed by atoms with van der Waals surface area (Å²) in [7, 11) is 0. The minimum Gasteiger partial charge on any atom is -0.361 e. The molecule has 0 aliphatic carbocycles. The van der Waals surface area contributed by atoms with Crippen LogP contribution in [0, 0.1) is 6.92 Å². The lowest BCUT2D eigenvalue weighted by molar-refractivity contribution is 0.397. The zero-order valence-corrected chi connectivity index (χ0v) is 5.92. The van der Waals surface area contributed by atoms with E-state index in [-0.39, 0.29) is 0 Å². The summed E-state index contributed by atoms with van der Waals surface area (Å²) in [6.45, 7) is 6.03. The van der Waals surface area contributed by atoms with Gasteiger partial charge in [-0.1, -0.05) is 11.7 Å². The van der Waals surface area contributed by atoms with Crippen molar-refractivity contribution in [1.29, 1.82) is 0 Å². The van der Waals surface area contributed by atoms with E-state index in [1.54, 1.807) is 6.20 Å². The quantitative estimate of drug-likeness (QED) is 0.662. The molecule has 0 saturated carbocycles. The zero-order valence-electron chi connectivity index (χ0n) is 5.92. The van der Waals surface area contributed by atoms with Crippen LogP contribution in [0.3, 0.4) is 0 Å². The maximum Gasteiger partial charge on any atom is 0.141 e. The average Bonchev–Trinajstić information content (AvgIpc) is 2.34. The fourth-order valence-corrected chi connectivity index (χ4v) is 0.748. The molecule has 0 aromatic carbocycles. The lowest BCUT2D eigenvalue weighted by Gasteiger charge is -1.95. The Bertz CT molecular complexity index is 240. The fourth-order valence-electron chi connectivity index (χ4n) is 0.748. The molecule has 1 aromatic heterocycles. The van der Waals surface area contributed by atoms with Crippen LogP contribution in [0.4, 0.5) is 0 Å². The highest BCUT2D eigenvalue weighted by molar-refractivity contribution is 5.64. The van der Waals surface area contributed by atoms with E-state index in [2.05, 4.69) is 11.7 Å². The molecule has 1 heterocycles. The van der Waals surface area contributed by atoms with Gasteiger partial charge >= 0.3 is 0 Å². The lowest BCUT2D eigenvalue weighted by Crippen LogP contribution is -2.00. The minimum absolute atomic E-state index is 0.446. The predicted molar refractivity (Wildman–Crippen MR) is 39.3 cm³/mol. The maximum atomic E-state index is 5.36. The van der Waals surface area contributed by atoms with Gasteiger partial charge in [-0.25, -0.2) is 0 Å². The summed E-state index contributed by atoms with van der Waals surface area (Å²) in [5.41, 5.74) is 7.14. The standard InChI is InChI=1S/C7H10N2O/c1-5(3-8)7-4-9-10-6(7)2/h4H,1,3,8H2,2H3. The van der Waals surface area contributed by atoms with Crippen LogP contribution in [-0.2, 0) is 0 Å². The third-order valence-corrected chi connectivity index (χ3v) is 1.38. The predicted octanol–water partition coefficient (Wildman–Crippen LogP) is 0.955. The van der Waals surface area contributed by atoms with Gasteiger partial charge in [-0.3, -0.25) is 0 Å². The van der Waals surface area contributed by atoms with Gasteiger partial charge in [0, 0.05) is 12.1 Å². The normalized spacial score (nSPS) is 9.80. The first kappa shape index (κ1) is 7.02. The van der Waals surface area contributed by atoms with Crippen LogP contribution in [0.1, 0.15) is 11.3 Å². The van der Waals surface area contributed by atoms with E-state index in [0.29, 0.717) is 6.54 Å². The molecule has 0 radical (unpaired) electrons. The molecule has 54 valence electrons. The summed E-state index contributed by atoms with van der Waals surface area (Å²) in [5, 5.41) is 3.60. The third kappa shape index (κ3) is 1.09. The maximum absolute atomic E-state index is 5.36. The molecular formula is C7H10N2O. The Morgan fingerprint density at radius 2 is 2.60 bits per heavy atom. The first-order valence-corrected chi connectivity index (χ1v) is 3.05. The van der Waals surface area contributed by atoms with E-state index in [0.717, 1.165) is 16.9 Å². The molecular weight excluding hydrogens is 128 g/mol. The van der Waals surface area contributed by atoms with E-state index in [1.807, 2.05) is 6.92 Å². The second-order valence-electron chi connectivity index (χ2n) is 2.10. The first-order valence-electron chi connectivity index (χ1n) is 3.05. The molecule has 0 unspecified atom stereocenters. The first-order chi connectivity index (χ1) is 4.75. The molecule has 0 spiro atoms. The van der Waals surface area contributed by atoms with Crippen molar-refractivity contribution in [3.63, 3.8) is 0 Å². The Hall–Kier alpha value is -1.09. The molecule has 0 aliphatic rings. The topological polar surface area (TPSA) is 52.0 Å². The van der Waals surface area contributed by atoms with Gasteiger partial charge in [0.05, 0.1) is 6.20 Å². The van der Waals surface area contributed by atoms with Gasteiger partial charge in [-0.05, 0) is 12.5 Å². The van der Waals surface area contributed by atoms with Crippen molar-refractivity contribution < 1.29 is 4.52 Å². The molecule has 10 heavy (non-hydrogen) atoms. The van der Waals surface area contributed by atoms with Gasteiger partial charge in [0.15, 0.2) is 0 Å². The Morgan fingerprint density at radius 1 is 1.90 bits per heavy atom. The van der Waals surface area contributed by atoms with Crippen LogP contribution in [-0.4, -0.2) is 11.7 Å². The SMILES string of the molecule is C=C(CN)c1cnoc1C. The van der Waals surface area contributed by atoms with Crippen LogP contribution in [0.25, 0.3) is 5.57 Å². The summed E-state index contributed by atoms with van der Waals surface area (Å²) in [6.07, 6.45) is 1.63.